The Labute approximate surface area is 101 Å². The van der Waals surface area contributed by atoms with Crippen LogP contribution in [0.3, 0.4) is 0 Å². The van der Waals surface area contributed by atoms with Crippen molar-refractivity contribution in [2.45, 2.75) is 45.4 Å². The van der Waals surface area contributed by atoms with Gasteiger partial charge < -0.3 is 15.2 Å². The summed E-state index contributed by atoms with van der Waals surface area (Å²) in [5.41, 5.74) is -0.512. The van der Waals surface area contributed by atoms with Crippen LogP contribution in [-0.4, -0.2) is 52.8 Å². The highest BCUT2D eigenvalue weighted by Gasteiger charge is 2.40. The lowest BCUT2D eigenvalue weighted by molar-refractivity contribution is -0.140. The first-order chi connectivity index (χ1) is 7.70. The molecule has 6 nitrogen and oxygen atoms in total. The topological polar surface area (TPSA) is 78.6 Å². The zero-order chi connectivity index (χ0) is 13.2. The van der Waals surface area contributed by atoms with Crippen LogP contribution in [0.1, 0.15) is 27.7 Å². The second-order valence-corrected chi connectivity index (χ2v) is 5.25. The number of ether oxygens (including phenoxy) is 1. The first-order valence-electron chi connectivity index (χ1n) is 5.66. The van der Waals surface area contributed by atoms with Gasteiger partial charge in [-0.2, -0.15) is 0 Å². The molecule has 1 amide bonds. The molecule has 0 bridgehead atoms. The number of nitrogens with one attached hydrogen (secondary N) is 1. The molecule has 0 aliphatic carbocycles. The van der Waals surface area contributed by atoms with Gasteiger partial charge in [-0.1, -0.05) is 0 Å². The molecule has 1 rings (SSSR count). The zero-order valence-corrected chi connectivity index (χ0v) is 10.7. The van der Waals surface area contributed by atoms with E-state index in [9.17, 15) is 9.59 Å². The van der Waals surface area contributed by atoms with Crippen molar-refractivity contribution < 1.29 is 19.4 Å². The molecule has 2 unspecified atom stereocenters. The fourth-order valence-corrected chi connectivity index (χ4v) is 1.51. The normalized spacial score (nSPS) is 24.9. The van der Waals surface area contributed by atoms with Crippen LogP contribution in [0.25, 0.3) is 0 Å². The van der Waals surface area contributed by atoms with Crippen LogP contribution in [0.4, 0.5) is 4.79 Å². The number of amides is 1. The highest BCUT2D eigenvalue weighted by Crippen LogP contribution is 2.20. The summed E-state index contributed by atoms with van der Waals surface area (Å²) in [4.78, 5) is 23.8. The molecule has 1 aliphatic heterocycles. The van der Waals surface area contributed by atoms with Crippen LogP contribution in [-0.2, 0) is 9.53 Å². The Morgan fingerprint density at radius 2 is 2.12 bits per heavy atom. The number of carbonyl (C=O) groups is 2. The van der Waals surface area contributed by atoms with E-state index in [-0.39, 0.29) is 6.04 Å². The van der Waals surface area contributed by atoms with E-state index >= 15 is 0 Å². The number of hydrogen-bond donors (Lipinski definition) is 2. The second kappa shape index (κ2) is 4.91. The van der Waals surface area contributed by atoms with Gasteiger partial charge in [0.25, 0.3) is 0 Å². The van der Waals surface area contributed by atoms with Gasteiger partial charge in [0.05, 0.1) is 0 Å². The van der Waals surface area contributed by atoms with Crippen molar-refractivity contribution in [3.63, 3.8) is 0 Å². The number of carboxylic acids is 1. The van der Waals surface area contributed by atoms with E-state index in [4.69, 9.17) is 9.84 Å². The lowest BCUT2D eigenvalue weighted by Crippen LogP contribution is -2.36. The quantitative estimate of drug-likeness (QED) is 0.711. The molecule has 3 atom stereocenters. The average Bonchev–Trinajstić information content (AvgIpc) is 2.89. The molecule has 1 fully saturated rings. The maximum atomic E-state index is 11.3. The van der Waals surface area contributed by atoms with E-state index in [0.717, 1.165) is 0 Å². The third-order valence-electron chi connectivity index (χ3n) is 2.49. The number of carbonyl (C=O) groups excluding carboxylic acids is 1. The molecule has 1 saturated heterocycles. The summed E-state index contributed by atoms with van der Waals surface area (Å²) in [5, 5.41) is 11.4. The van der Waals surface area contributed by atoms with Gasteiger partial charge in [-0.15, -0.1) is 0 Å². The van der Waals surface area contributed by atoms with Gasteiger partial charge in [-0.25, -0.2) is 4.79 Å². The SMILES string of the molecule is C[C@H](C(=O)O)N1CC1CNC(=O)OC(C)(C)C. The summed E-state index contributed by atoms with van der Waals surface area (Å²) in [6.45, 7) is 8.14. The van der Waals surface area contributed by atoms with Gasteiger partial charge in [-0.3, -0.25) is 9.69 Å². The number of nitrogens with zero attached hydrogens (tertiary/aromatic N) is 1. The van der Waals surface area contributed by atoms with Crippen LogP contribution >= 0.6 is 0 Å². The molecule has 1 heterocycles. The van der Waals surface area contributed by atoms with E-state index in [1.165, 1.54) is 0 Å². The van der Waals surface area contributed by atoms with Crippen LogP contribution < -0.4 is 5.32 Å². The second-order valence-electron chi connectivity index (χ2n) is 5.25. The maximum Gasteiger partial charge on any atom is 0.407 e. The number of aliphatic carboxylic acids is 1. The molecule has 0 saturated carbocycles. The predicted molar refractivity (Wildman–Crippen MR) is 61.8 cm³/mol. The smallest absolute Gasteiger partial charge is 0.407 e. The molecular weight excluding hydrogens is 224 g/mol. The minimum Gasteiger partial charge on any atom is -0.480 e. The van der Waals surface area contributed by atoms with Crippen molar-refractivity contribution >= 4 is 12.1 Å². The van der Waals surface area contributed by atoms with Gasteiger partial charge in [0, 0.05) is 19.1 Å². The summed E-state index contributed by atoms with van der Waals surface area (Å²) < 4.78 is 5.07. The molecular formula is C11H20N2O4. The minimum absolute atomic E-state index is 0.105. The summed E-state index contributed by atoms with van der Waals surface area (Å²) in [7, 11) is 0. The summed E-state index contributed by atoms with van der Waals surface area (Å²) in [6, 6.07) is -0.394. The summed E-state index contributed by atoms with van der Waals surface area (Å²) in [5.74, 6) is -0.843. The van der Waals surface area contributed by atoms with Gasteiger partial charge in [0.15, 0.2) is 0 Å². The molecule has 0 radical (unpaired) electrons. The number of rotatable bonds is 4. The lowest BCUT2D eigenvalue weighted by atomic mass is 10.2. The van der Waals surface area contributed by atoms with Gasteiger partial charge >= 0.3 is 12.1 Å². The Hall–Kier alpha value is -1.30. The summed E-state index contributed by atoms with van der Waals surface area (Å²) >= 11 is 0. The maximum absolute atomic E-state index is 11.3. The van der Waals surface area contributed by atoms with Crippen LogP contribution in [0.15, 0.2) is 0 Å². The van der Waals surface area contributed by atoms with Gasteiger partial charge in [0.1, 0.15) is 11.6 Å². The first-order valence-corrected chi connectivity index (χ1v) is 5.66. The standard InChI is InChI=1S/C11H20N2O4/c1-7(9(14)15)13-6-8(13)5-12-10(16)17-11(2,3)4/h7-8H,5-6H2,1-4H3,(H,12,16)(H,14,15)/t7-,8?,13?/m1/s1. The first kappa shape index (κ1) is 13.8. The van der Waals surface area contributed by atoms with Crippen LogP contribution in [0.5, 0.6) is 0 Å². The van der Waals surface area contributed by atoms with Crippen molar-refractivity contribution in [2.75, 3.05) is 13.1 Å². The molecule has 0 aromatic rings. The highest BCUT2D eigenvalue weighted by molar-refractivity contribution is 5.73. The Morgan fingerprint density at radius 1 is 1.53 bits per heavy atom. The summed E-state index contributed by atoms with van der Waals surface area (Å²) in [6.07, 6.45) is -0.465. The molecule has 0 aromatic heterocycles. The molecule has 17 heavy (non-hydrogen) atoms. The third kappa shape index (κ3) is 4.60. The molecule has 1 aliphatic rings. The Kier molecular flexibility index (Phi) is 3.98. The average molecular weight is 244 g/mol. The van der Waals surface area contributed by atoms with Crippen LogP contribution in [0.2, 0.25) is 0 Å². The van der Waals surface area contributed by atoms with E-state index in [1.54, 1.807) is 32.6 Å². The highest BCUT2D eigenvalue weighted by atomic mass is 16.6. The molecule has 6 heteroatoms. The van der Waals surface area contributed by atoms with E-state index in [0.29, 0.717) is 13.1 Å². The molecule has 98 valence electrons. The van der Waals surface area contributed by atoms with Crippen molar-refractivity contribution in [1.82, 2.24) is 10.2 Å². The number of hydrogen-bond acceptors (Lipinski definition) is 4. The van der Waals surface area contributed by atoms with Crippen molar-refractivity contribution in [3.05, 3.63) is 0 Å². The largest absolute Gasteiger partial charge is 0.480 e. The fourth-order valence-electron chi connectivity index (χ4n) is 1.51. The lowest BCUT2D eigenvalue weighted by Gasteiger charge is -2.19. The fraction of sp³-hybridized carbons (Fsp3) is 0.818. The Balaban J connectivity index is 2.22. The van der Waals surface area contributed by atoms with Crippen molar-refractivity contribution in [2.24, 2.45) is 0 Å². The monoisotopic (exact) mass is 244 g/mol. The molecule has 0 spiro atoms. The van der Waals surface area contributed by atoms with Gasteiger partial charge in [-0.05, 0) is 27.7 Å². The van der Waals surface area contributed by atoms with E-state index in [2.05, 4.69) is 5.32 Å². The molecule has 0 aromatic carbocycles. The number of alkyl carbamates (subject to hydrolysis) is 1. The third-order valence-corrected chi connectivity index (χ3v) is 2.49. The number of carboxylic acid groups (broad SMARTS) is 1. The predicted octanol–water partition coefficient (Wildman–Crippen LogP) is 0.668. The molecule has 2 N–H and O–H groups in total. The Bertz CT molecular complexity index is 311. The van der Waals surface area contributed by atoms with E-state index < -0.39 is 23.7 Å². The van der Waals surface area contributed by atoms with E-state index in [1.807, 2.05) is 0 Å². The van der Waals surface area contributed by atoms with Gasteiger partial charge in [0.2, 0.25) is 0 Å². The minimum atomic E-state index is -0.843. The Morgan fingerprint density at radius 3 is 2.59 bits per heavy atom. The van der Waals surface area contributed by atoms with Crippen molar-refractivity contribution in [1.29, 1.82) is 0 Å². The zero-order valence-electron chi connectivity index (χ0n) is 10.7. The van der Waals surface area contributed by atoms with Crippen molar-refractivity contribution in [3.8, 4) is 0 Å². The van der Waals surface area contributed by atoms with Crippen LogP contribution in [0, 0.1) is 0 Å².